The lowest BCUT2D eigenvalue weighted by Crippen LogP contribution is -2.51. The van der Waals surface area contributed by atoms with Gasteiger partial charge in [-0.05, 0) is 74.4 Å². The monoisotopic (exact) mass is 571 g/mol. The number of hydrogen-bond acceptors (Lipinski definition) is 5. The third-order valence-electron chi connectivity index (χ3n) is 7.63. The molecule has 40 heavy (non-hydrogen) atoms. The van der Waals surface area contributed by atoms with Crippen molar-refractivity contribution in [3.05, 3.63) is 59.2 Å². The van der Waals surface area contributed by atoms with Gasteiger partial charge >= 0.3 is 0 Å². The molecule has 0 bridgehead atoms. The van der Waals surface area contributed by atoms with Gasteiger partial charge in [-0.2, -0.15) is 0 Å². The number of aryl methyl sites for hydroxylation is 2. The van der Waals surface area contributed by atoms with Crippen LogP contribution in [-0.2, 0) is 26.2 Å². The summed E-state index contributed by atoms with van der Waals surface area (Å²) in [6.07, 6.45) is 7.47. The second-order valence-corrected chi connectivity index (χ2v) is 12.8. The summed E-state index contributed by atoms with van der Waals surface area (Å²) >= 11 is 0. The molecule has 1 aliphatic rings. The third kappa shape index (κ3) is 8.71. The largest absolute Gasteiger partial charge is 0.497 e. The van der Waals surface area contributed by atoms with E-state index >= 15 is 0 Å². The van der Waals surface area contributed by atoms with E-state index in [1.54, 1.807) is 12.0 Å². The van der Waals surface area contributed by atoms with E-state index in [9.17, 15) is 18.0 Å². The second-order valence-electron chi connectivity index (χ2n) is 10.9. The molecule has 2 aromatic carbocycles. The lowest BCUT2D eigenvalue weighted by molar-refractivity contribution is -0.141. The number of carbonyl (C=O) groups is 2. The number of amides is 2. The first-order chi connectivity index (χ1) is 19.0. The lowest BCUT2D eigenvalue weighted by Gasteiger charge is -2.33. The van der Waals surface area contributed by atoms with Crippen LogP contribution in [0.2, 0.25) is 0 Å². The number of sulfonamides is 1. The molecule has 1 saturated carbocycles. The number of anilines is 1. The van der Waals surface area contributed by atoms with Crippen LogP contribution in [0.1, 0.15) is 75.0 Å². The van der Waals surface area contributed by atoms with Crippen molar-refractivity contribution in [3.8, 4) is 5.75 Å². The van der Waals surface area contributed by atoms with Gasteiger partial charge in [0.15, 0.2) is 0 Å². The van der Waals surface area contributed by atoms with Crippen LogP contribution >= 0.6 is 0 Å². The number of methoxy groups -OCH3 is 1. The third-order valence-corrected chi connectivity index (χ3v) is 8.81. The van der Waals surface area contributed by atoms with Crippen molar-refractivity contribution >= 4 is 27.5 Å². The Hall–Kier alpha value is -3.07. The minimum Gasteiger partial charge on any atom is -0.497 e. The molecule has 0 aromatic heterocycles. The molecular weight excluding hydrogens is 526 g/mol. The van der Waals surface area contributed by atoms with E-state index in [4.69, 9.17) is 4.74 Å². The predicted molar refractivity (Wildman–Crippen MR) is 160 cm³/mol. The average Bonchev–Trinajstić information content (AvgIpc) is 2.92. The molecule has 8 nitrogen and oxygen atoms in total. The quantitative estimate of drug-likeness (QED) is 0.360. The molecule has 0 saturated heterocycles. The molecule has 9 heteroatoms. The predicted octanol–water partition coefficient (Wildman–Crippen LogP) is 5.11. The first-order valence-corrected chi connectivity index (χ1v) is 16.2. The highest BCUT2D eigenvalue weighted by molar-refractivity contribution is 7.92. The minimum atomic E-state index is -3.55. The van der Waals surface area contributed by atoms with Crippen molar-refractivity contribution in [1.29, 1.82) is 0 Å². The van der Waals surface area contributed by atoms with Crippen LogP contribution in [0.3, 0.4) is 0 Å². The van der Waals surface area contributed by atoms with Gasteiger partial charge in [-0.3, -0.25) is 13.9 Å². The van der Waals surface area contributed by atoms with Crippen molar-refractivity contribution in [2.24, 2.45) is 0 Å². The van der Waals surface area contributed by atoms with Crippen molar-refractivity contribution in [3.63, 3.8) is 0 Å². The van der Waals surface area contributed by atoms with Gasteiger partial charge in [0.25, 0.3) is 0 Å². The normalized spacial score (nSPS) is 14.8. The van der Waals surface area contributed by atoms with E-state index in [2.05, 4.69) is 5.32 Å². The first-order valence-electron chi connectivity index (χ1n) is 14.3. The van der Waals surface area contributed by atoms with E-state index in [1.807, 2.05) is 63.2 Å². The Kier molecular flexibility index (Phi) is 11.4. The van der Waals surface area contributed by atoms with Crippen molar-refractivity contribution in [2.45, 2.75) is 90.8 Å². The Morgan fingerprint density at radius 3 is 2.33 bits per heavy atom. The van der Waals surface area contributed by atoms with Crippen LogP contribution in [0, 0.1) is 13.8 Å². The smallest absolute Gasteiger partial charge is 0.243 e. The first kappa shape index (κ1) is 31.5. The van der Waals surface area contributed by atoms with Crippen molar-refractivity contribution in [1.82, 2.24) is 10.2 Å². The van der Waals surface area contributed by atoms with Gasteiger partial charge in [0.05, 0.1) is 19.1 Å². The number of ether oxygens (including phenoxy) is 1. The van der Waals surface area contributed by atoms with Crippen molar-refractivity contribution in [2.75, 3.05) is 24.2 Å². The molecule has 0 unspecified atom stereocenters. The van der Waals surface area contributed by atoms with Gasteiger partial charge in [0, 0.05) is 25.6 Å². The van der Waals surface area contributed by atoms with Crippen LogP contribution in [-0.4, -0.2) is 57.1 Å². The van der Waals surface area contributed by atoms with Crippen LogP contribution in [0.15, 0.2) is 42.5 Å². The Labute approximate surface area is 240 Å². The van der Waals surface area contributed by atoms with Gasteiger partial charge in [-0.15, -0.1) is 0 Å². The summed E-state index contributed by atoms with van der Waals surface area (Å²) in [6.45, 7) is 6.19. The van der Waals surface area contributed by atoms with Crippen LogP contribution in [0.5, 0.6) is 5.75 Å². The summed E-state index contributed by atoms with van der Waals surface area (Å²) in [5.74, 6) is 0.427. The molecule has 0 radical (unpaired) electrons. The zero-order valence-electron chi connectivity index (χ0n) is 24.6. The van der Waals surface area contributed by atoms with E-state index in [0.29, 0.717) is 18.5 Å². The summed E-state index contributed by atoms with van der Waals surface area (Å²) < 4.78 is 32.0. The summed E-state index contributed by atoms with van der Waals surface area (Å²) in [5.41, 5.74) is 3.34. The maximum Gasteiger partial charge on any atom is 0.243 e. The number of benzene rings is 2. The fraction of sp³-hybridized carbons (Fsp3) is 0.548. The van der Waals surface area contributed by atoms with Crippen LogP contribution in [0.4, 0.5) is 5.69 Å². The van der Waals surface area contributed by atoms with Crippen LogP contribution in [0.25, 0.3) is 0 Å². The molecule has 1 N–H and O–H groups in total. The molecule has 3 rings (SSSR count). The summed E-state index contributed by atoms with van der Waals surface area (Å²) in [6, 6.07) is 12.7. The Morgan fingerprint density at radius 1 is 1.05 bits per heavy atom. The highest BCUT2D eigenvalue weighted by atomic mass is 32.2. The zero-order valence-corrected chi connectivity index (χ0v) is 25.4. The van der Waals surface area contributed by atoms with Gasteiger partial charge in [-0.1, -0.05) is 50.5 Å². The molecule has 1 aliphatic carbocycles. The van der Waals surface area contributed by atoms with Gasteiger partial charge in [0.2, 0.25) is 21.8 Å². The SMILES string of the molecule is CC[C@H](C(=O)NC1CCCCC1)N(Cc1ccc(OC)cc1)C(=O)CCCN(c1cc(C)ccc1C)S(C)(=O)=O. The fourth-order valence-electron chi connectivity index (χ4n) is 5.36. The second kappa shape index (κ2) is 14.5. The molecule has 2 aromatic rings. The minimum absolute atomic E-state index is 0.121. The summed E-state index contributed by atoms with van der Waals surface area (Å²) in [4.78, 5) is 28.8. The topological polar surface area (TPSA) is 96.0 Å². The maximum atomic E-state index is 13.7. The molecule has 0 heterocycles. The van der Waals surface area contributed by atoms with Gasteiger partial charge in [0.1, 0.15) is 11.8 Å². The molecule has 1 fully saturated rings. The van der Waals surface area contributed by atoms with E-state index in [0.717, 1.165) is 48.1 Å². The fourth-order valence-corrected chi connectivity index (χ4v) is 6.38. The maximum absolute atomic E-state index is 13.7. The molecule has 0 aliphatic heterocycles. The average molecular weight is 572 g/mol. The lowest BCUT2D eigenvalue weighted by atomic mass is 9.95. The number of rotatable bonds is 13. The summed E-state index contributed by atoms with van der Waals surface area (Å²) in [7, 11) is -1.95. The highest BCUT2D eigenvalue weighted by Gasteiger charge is 2.30. The molecule has 220 valence electrons. The van der Waals surface area contributed by atoms with Crippen LogP contribution < -0.4 is 14.4 Å². The highest BCUT2D eigenvalue weighted by Crippen LogP contribution is 2.25. The van der Waals surface area contributed by atoms with Gasteiger partial charge < -0.3 is 15.0 Å². The van der Waals surface area contributed by atoms with Crippen molar-refractivity contribution < 1.29 is 22.7 Å². The summed E-state index contributed by atoms with van der Waals surface area (Å²) in [5, 5.41) is 3.20. The number of carbonyl (C=O) groups excluding carboxylic acids is 2. The van der Waals surface area contributed by atoms with E-state index in [1.165, 1.54) is 17.0 Å². The number of hydrogen-bond donors (Lipinski definition) is 1. The van der Waals surface area contributed by atoms with E-state index < -0.39 is 16.1 Å². The van der Waals surface area contributed by atoms with Gasteiger partial charge in [-0.25, -0.2) is 8.42 Å². The standard InChI is InChI=1S/C31H45N3O5S/c1-6-28(31(36)32-26-11-8-7-9-12-26)33(22-25-16-18-27(39-4)19-17-25)30(35)13-10-20-34(40(5,37)38)29-21-23(2)14-15-24(29)3/h14-19,21,26,28H,6-13,20,22H2,1-5H3,(H,32,36)/t28-/m1/s1. The van der Waals surface area contributed by atoms with E-state index in [-0.39, 0.29) is 37.4 Å². The Balaban J connectivity index is 1.78. The molecule has 1 atom stereocenters. The Bertz CT molecular complexity index is 1240. The molecular formula is C31H45N3O5S. The molecule has 2 amide bonds. The zero-order chi connectivity index (χ0) is 29.3. The number of nitrogens with zero attached hydrogens (tertiary/aromatic N) is 2. The number of nitrogens with one attached hydrogen (secondary N) is 1. The molecule has 0 spiro atoms. The Morgan fingerprint density at radius 2 is 1.73 bits per heavy atom.